The number of thiazole rings is 1. The Morgan fingerprint density at radius 1 is 1.20 bits per heavy atom. The van der Waals surface area contributed by atoms with Gasteiger partial charge in [0.25, 0.3) is 0 Å². The number of carbonyl (C=O) groups is 1. The van der Waals surface area contributed by atoms with Crippen molar-refractivity contribution >= 4 is 22.8 Å². The van der Waals surface area contributed by atoms with Gasteiger partial charge in [-0.15, -0.1) is 0 Å². The molecule has 4 heteroatoms. The van der Waals surface area contributed by atoms with Crippen LogP contribution < -0.4 is 4.90 Å². The molecule has 3 rings (SSSR count). The van der Waals surface area contributed by atoms with E-state index in [4.69, 9.17) is 4.98 Å². The molecule has 1 aromatic heterocycles. The van der Waals surface area contributed by atoms with Gasteiger partial charge >= 0.3 is 0 Å². The Kier molecular flexibility index (Phi) is 3.61. The van der Waals surface area contributed by atoms with Crippen molar-refractivity contribution in [2.45, 2.75) is 52.4 Å². The molecule has 0 amide bonds. The molecule has 110 valence electrons. The first-order chi connectivity index (χ1) is 9.49. The summed E-state index contributed by atoms with van der Waals surface area (Å²) in [5.41, 5.74) is 1.47. The molecule has 3 nitrogen and oxygen atoms in total. The first-order valence-electron chi connectivity index (χ1n) is 7.70. The molecule has 2 aliphatic rings. The average Bonchev–Trinajstić information content (AvgIpc) is 3.17. The third-order valence-electron chi connectivity index (χ3n) is 4.73. The Labute approximate surface area is 125 Å². The van der Waals surface area contributed by atoms with Gasteiger partial charge in [-0.25, -0.2) is 4.98 Å². The summed E-state index contributed by atoms with van der Waals surface area (Å²) in [6.45, 7) is 9.18. The van der Waals surface area contributed by atoms with Crippen molar-refractivity contribution in [1.29, 1.82) is 0 Å². The number of hydrogen-bond acceptors (Lipinski definition) is 4. The molecule has 0 bridgehead atoms. The Morgan fingerprint density at radius 2 is 1.85 bits per heavy atom. The monoisotopic (exact) mass is 292 g/mol. The topological polar surface area (TPSA) is 33.2 Å². The second kappa shape index (κ2) is 5.14. The first-order valence-corrected chi connectivity index (χ1v) is 8.51. The highest BCUT2D eigenvalue weighted by molar-refractivity contribution is 7.17. The van der Waals surface area contributed by atoms with Crippen LogP contribution in [-0.4, -0.2) is 24.4 Å². The SMILES string of the molecule is CC(C)(C)C1CCN(c2nc(C3CC3)c(C=O)s2)CC1. The van der Waals surface area contributed by atoms with Crippen molar-refractivity contribution in [2.75, 3.05) is 18.0 Å². The van der Waals surface area contributed by atoms with Crippen LogP contribution in [0.1, 0.15) is 67.7 Å². The molecule has 2 fully saturated rings. The van der Waals surface area contributed by atoms with Gasteiger partial charge in [0.2, 0.25) is 0 Å². The van der Waals surface area contributed by atoms with E-state index in [1.54, 1.807) is 11.3 Å². The molecule has 0 atom stereocenters. The summed E-state index contributed by atoms with van der Waals surface area (Å²) < 4.78 is 0. The zero-order valence-corrected chi connectivity index (χ0v) is 13.5. The maximum atomic E-state index is 11.2. The number of aromatic nitrogens is 1. The van der Waals surface area contributed by atoms with Crippen LogP contribution in [0.5, 0.6) is 0 Å². The summed E-state index contributed by atoms with van der Waals surface area (Å²) in [5, 5.41) is 1.07. The molecule has 1 aromatic rings. The third-order valence-corrected chi connectivity index (χ3v) is 5.79. The summed E-state index contributed by atoms with van der Waals surface area (Å²) in [6.07, 6.45) is 5.87. The van der Waals surface area contributed by atoms with E-state index >= 15 is 0 Å². The Hall–Kier alpha value is -0.900. The highest BCUT2D eigenvalue weighted by Gasteiger charge is 2.33. The van der Waals surface area contributed by atoms with Crippen molar-refractivity contribution in [2.24, 2.45) is 11.3 Å². The van der Waals surface area contributed by atoms with Gasteiger partial charge in [0, 0.05) is 19.0 Å². The number of carbonyl (C=O) groups excluding carboxylic acids is 1. The summed E-state index contributed by atoms with van der Waals surface area (Å²) in [5.74, 6) is 1.36. The molecule has 0 aromatic carbocycles. The molecule has 1 saturated carbocycles. The minimum atomic E-state index is 0.405. The molecule has 2 heterocycles. The third kappa shape index (κ3) is 2.76. The van der Waals surface area contributed by atoms with Crippen LogP contribution in [-0.2, 0) is 0 Å². The van der Waals surface area contributed by atoms with E-state index in [2.05, 4.69) is 25.7 Å². The number of hydrogen-bond donors (Lipinski definition) is 0. The van der Waals surface area contributed by atoms with Crippen LogP contribution in [0.15, 0.2) is 0 Å². The number of rotatable bonds is 3. The number of piperidine rings is 1. The van der Waals surface area contributed by atoms with Crippen LogP contribution >= 0.6 is 11.3 Å². The Balaban J connectivity index is 1.70. The highest BCUT2D eigenvalue weighted by Crippen LogP contribution is 2.44. The van der Waals surface area contributed by atoms with Gasteiger partial charge in [-0.2, -0.15) is 0 Å². The van der Waals surface area contributed by atoms with Crippen molar-refractivity contribution in [3.05, 3.63) is 10.6 Å². The number of nitrogens with zero attached hydrogens (tertiary/aromatic N) is 2. The van der Waals surface area contributed by atoms with Gasteiger partial charge in [-0.1, -0.05) is 32.1 Å². The molecular weight excluding hydrogens is 268 g/mol. The van der Waals surface area contributed by atoms with E-state index in [1.807, 2.05) is 0 Å². The predicted octanol–water partition coefficient (Wildman–Crippen LogP) is 4.10. The molecule has 1 aliphatic carbocycles. The lowest BCUT2D eigenvalue weighted by Crippen LogP contribution is -2.37. The predicted molar refractivity (Wildman–Crippen MR) is 83.9 cm³/mol. The van der Waals surface area contributed by atoms with Crippen LogP contribution in [0.25, 0.3) is 0 Å². The second-order valence-corrected chi connectivity index (χ2v) is 8.27. The van der Waals surface area contributed by atoms with Gasteiger partial charge in [-0.3, -0.25) is 4.79 Å². The van der Waals surface area contributed by atoms with Crippen molar-refractivity contribution < 1.29 is 4.79 Å². The van der Waals surface area contributed by atoms with Gasteiger partial charge in [0.05, 0.1) is 10.6 Å². The number of anilines is 1. The minimum absolute atomic E-state index is 0.405. The van der Waals surface area contributed by atoms with E-state index < -0.39 is 0 Å². The largest absolute Gasteiger partial charge is 0.348 e. The lowest BCUT2D eigenvalue weighted by atomic mass is 9.75. The van der Waals surface area contributed by atoms with Gasteiger partial charge in [0.1, 0.15) is 0 Å². The molecular formula is C16H24N2OS. The number of aldehydes is 1. The van der Waals surface area contributed by atoms with Crippen LogP contribution in [0.2, 0.25) is 0 Å². The fourth-order valence-electron chi connectivity index (χ4n) is 3.14. The Bertz CT molecular complexity index is 491. The molecule has 1 aliphatic heterocycles. The quantitative estimate of drug-likeness (QED) is 0.787. The highest BCUT2D eigenvalue weighted by atomic mass is 32.1. The normalized spacial score (nSPS) is 21.2. The minimum Gasteiger partial charge on any atom is -0.348 e. The summed E-state index contributed by atoms with van der Waals surface area (Å²) in [4.78, 5) is 19.2. The smallest absolute Gasteiger partial charge is 0.186 e. The standard InChI is InChI=1S/C16H24N2OS/c1-16(2,3)12-6-8-18(9-7-12)15-17-14(11-4-5-11)13(10-19)20-15/h10-12H,4-9H2,1-3H3. The molecule has 0 unspecified atom stereocenters. The molecule has 1 saturated heterocycles. The zero-order chi connectivity index (χ0) is 14.3. The molecule has 0 spiro atoms. The zero-order valence-electron chi connectivity index (χ0n) is 12.7. The second-order valence-electron chi connectivity index (χ2n) is 7.27. The van der Waals surface area contributed by atoms with E-state index in [1.165, 1.54) is 25.7 Å². The maximum absolute atomic E-state index is 11.2. The van der Waals surface area contributed by atoms with Gasteiger partial charge in [0.15, 0.2) is 11.4 Å². The van der Waals surface area contributed by atoms with E-state index in [0.29, 0.717) is 11.3 Å². The summed E-state index contributed by atoms with van der Waals surface area (Å²) in [7, 11) is 0. The first kappa shape index (κ1) is 14.1. The summed E-state index contributed by atoms with van der Waals surface area (Å²) >= 11 is 1.59. The van der Waals surface area contributed by atoms with Gasteiger partial charge < -0.3 is 4.90 Å². The van der Waals surface area contributed by atoms with Crippen molar-refractivity contribution in [3.8, 4) is 0 Å². The fourth-order valence-corrected chi connectivity index (χ4v) is 4.15. The summed E-state index contributed by atoms with van der Waals surface area (Å²) in [6, 6.07) is 0. The lowest BCUT2D eigenvalue weighted by molar-refractivity contribution is 0.112. The van der Waals surface area contributed by atoms with Crippen LogP contribution in [0.3, 0.4) is 0 Å². The van der Waals surface area contributed by atoms with E-state index in [0.717, 1.165) is 41.0 Å². The van der Waals surface area contributed by atoms with Crippen LogP contribution in [0, 0.1) is 11.3 Å². The lowest BCUT2D eigenvalue weighted by Gasteiger charge is -2.38. The van der Waals surface area contributed by atoms with Gasteiger partial charge in [-0.05, 0) is 37.0 Å². The molecule has 0 N–H and O–H groups in total. The van der Waals surface area contributed by atoms with Crippen molar-refractivity contribution in [3.63, 3.8) is 0 Å². The fraction of sp³-hybridized carbons (Fsp3) is 0.750. The van der Waals surface area contributed by atoms with Crippen LogP contribution in [0.4, 0.5) is 5.13 Å². The average molecular weight is 292 g/mol. The Morgan fingerprint density at radius 3 is 2.35 bits per heavy atom. The van der Waals surface area contributed by atoms with E-state index in [-0.39, 0.29) is 0 Å². The van der Waals surface area contributed by atoms with E-state index in [9.17, 15) is 4.79 Å². The maximum Gasteiger partial charge on any atom is 0.186 e. The molecule has 20 heavy (non-hydrogen) atoms. The molecule has 0 radical (unpaired) electrons. The van der Waals surface area contributed by atoms with Crippen molar-refractivity contribution in [1.82, 2.24) is 4.98 Å².